The van der Waals surface area contributed by atoms with E-state index in [9.17, 15) is 28.8 Å². The van der Waals surface area contributed by atoms with E-state index >= 15 is 0 Å². The maximum absolute atomic E-state index is 12.3. The number of alkyl carbamates (subject to hydrolysis) is 1. The first-order valence-electron chi connectivity index (χ1n) is 11.0. The average molecular weight is 493 g/mol. The van der Waals surface area contributed by atoms with Crippen LogP contribution in [0.5, 0.6) is 0 Å². The molecule has 1 rings (SSSR count). The molecule has 5 N–H and O–H groups in total. The number of aliphatic carboxylic acids is 1. The van der Waals surface area contributed by atoms with E-state index in [0.717, 1.165) is 0 Å². The molecule has 0 fully saturated rings. The molecule has 192 valence electrons. The third-order valence-electron chi connectivity index (χ3n) is 4.25. The van der Waals surface area contributed by atoms with E-state index in [-0.39, 0.29) is 12.0 Å². The van der Waals surface area contributed by atoms with Gasteiger partial charge in [0.25, 0.3) is 5.91 Å². The van der Waals surface area contributed by atoms with Crippen molar-refractivity contribution in [3.8, 4) is 0 Å². The van der Waals surface area contributed by atoms with Crippen LogP contribution >= 0.6 is 0 Å². The Bertz CT molecular complexity index is 912. The first kappa shape index (κ1) is 29.1. The lowest BCUT2D eigenvalue weighted by Gasteiger charge is -2.19. The molecule has 1 aromatic rings. The zero-order valence-corrected chi connectivity index (χ0v) is 20.0. The van der Waals surface area contributed by atoms with E-state index in [4.69, 9.17) is 9.84 Å². The van der Waals surface area contributed by atoms with Gasteiger partial charge >= 0.3 is 12.1 Å². The van der Waals surface area contributed by atoms with Gasteiger partial charge in [-0.2, -0.15) is 0 Å². The molecular weight excluding hydrogens is 460 g/mol. The Hall–Kier alpha value is -3.96. The molecule has 12 nitrogen and oxygen atoms in total. The molecule has 12 heteroatoms. The van der Waals surface area contributed by atoms with E-state index in [2.05, 4.69) is 16.0 Å². The Morgan fingerprint density at radius 2 is 1.60 bits per heavy atom. The number of nitrogens with one attached hydrogen (secondary N) is 4. The van der Waals surface area contributed by atoms with Crippen LogP contribution in [-0.4, -0.2) is 65.5 Å². The van der Waals surface area contributed by atoms with Crippen LogP contribution in [0.2, 0.25) is 0 Å². The van der Waals surface area contributed by atoms with Gasteiger partial charge in [0.05, 0.1) is 13.0 Å². The summed E-state index contributed by atoms with van der Waals surface area (Å²) in [4.78, 5) is 71.1. The first-order chi connectivity index (χ1) is 16.4. The summed E-state index contributed by atoms with van der Waals surface area (Å²) in [5, 5.41) is 18.2. The second-order valence-electron chi connectivity index (χ2n) is 8.56. The first-order valence-corrected chi connectivity index (χ1v) is 11.0. The van der Waals surface area contributed by atoms with Gasteiger partial charge in [-0.1, -0.05) is 18.2 Å². The number of carbonyl (C=O) groups excluding carboxylic acids is 5. The van der Waals surface area contributed by atoms with Gasteiger partial charge in [0, 0.05) is 18.5 Å². The second kappa shape index (κ2) is 14.3. The highest BCUT2D eigenvalue weighted by molar-refractivity contribution is 6.07. The molecular formula is C23H32N4O8. The van der Waals surface area contributed by atoms with E-state index < -0.39 is 60.3 Å². The monoisotopic (exact) mass is 492 g/mol. The molecule has 1 atom stereocenters. The molecule has 0 aliphatic carbocycles. The van der Waals surface area contributed by atoms with Crippen molar-refractivity contribution in [3.63, 3.8) is 0 Å². The summed E-state index contributed by atoms with van der Waals surface area (Å²) in [7, 11) is 0. The fourth-order valence-corrected chi connectivity index (χ4v) is 2.67. The second-order valence-corrected chi connectivity index (χ2v) is 8.56. The quantitative estimate of drug-likeness (QED) is 0.265. The standard InChI is InChI=1S/C23H32N4O8/c1-23(2,3)35-22(34)24-12-8-7-11-17(28)25-14-18(29)26-16(13-19(30)31)21(33)27-20(32)15-9-5-4-6-10-15/h4-6,9-10,16H,7-8,11-14H2,1-3H3,(H,24,34)(H,25,28)(H,26,29)(H,30,31)(H,27,32,33)/t16-/m0/s1. The lowest BCUT2D eigenvalue weighted by molar-refractivity contribution is -0.140. The topological polar surface area (TPSA) is 180 Å². The molecule has 5 amide bonds. The molecule has 1 aromatic carbocycles. The van der Waals surface area contributed by atoms with Crippen LogP contribution in [0.1, 0.15) is 56.8 Å². The number of benzene rings is 1. The largest absolute Gasteiger partial charge is 0.481 e. The number of unbranched alkanes of at least 4 members (excludes halogenated alkanes) is 1. The summed E-state index contributed by atoms with van der Waals surface area (Å²) < 4.78 is 5.09. The molecule has 0 heterocycles. The third-order valence-corrected chi connectivity index (χ3v) is 4.25. The number of carbonyl (C=O) groups is 6. The Labute approximate surface area is 203 Å². The van der Waals surface area contributed by atoms with Gasteiger partial charge in [0.15, 0.2) is 0 Å². The summed E-state index contributed by atoms with van der Waals surface area (Å²) in [6, 6.07) is 6.30. The van der Waals surface area contributed by atoms with E-state index in [1.807, 2.05) is 5.32 Å². The number of hydrogen-bond donors (Lipinski definition) is 5. The third kappa shape index (κ3) is 13.4. The molecule has 0 aliphatic rings. The van der Waals surface area contributed by atoms with Gasteiger partial charge < -0.3 is 25.8 Å². The summed E-state index contributed by atoms with van der Waals surface area (Å²) in [5.41, 5.74) is -0.415. The van der Waals surface area contributed by atoms with E-state index in [1.54, 1.807) is 39.0 Å². The number of rotatable bonds is 12. The number of hydrogen-bond acceptors (Lipinski definition) is 7. The van der Waals surface area contributed by atoms with Crippen LogP contribution in [0, 0.1) is 0 Å². The van der Waals surface area contributed by atoms with Gasteiger partial charge in [-0.15, -0.1) is 0 Å². The van der Waals surface area contributed by atoms with Gasteiger partial charge in [-0.3, -0.25) is 29.3 Å². The van der Waals surface area contributed by atoms with Gasteiger partial charge in [-0.05, 0) is 45.7 Å². The average Bonchev–Trinajstić information content (AvgIpc) is 2.76. The summed E-state index contributed by atoms with van der Waals surface area (Å²) >= 11 is 0. The fraction of sp³-hybridized carbons (Fsp3) is 0.478. The predicted octanol–water partition coefficient (Wildman–Crippen LogP) is 0.714. The lowest BCUT2D eigenvalue weighted by atomic mass is 10.1. The molecule has 0 aromatic heterocycles. The van der Waals surface area contributed by atoms with Crippen molar-refractivity contribution in [1.29, 1.82) is 0 Å². The van der Waals surface area contributed by atoms with Gasteiger partial charge in [0.2, 0.25) is 17.7 Å². The molecule has 35 heavy (non-hydrogen) atoms. The van der Waals surface area contributed by atoms with Crippen LogP contribution < -0.4 is 21.3 Å². The van der Waals surface area contributed by atoms with Crippen molar-refractivity contribution in [3.05, 3.63) is 35.9 Å². The Morgan fingerprint density at radius 1 is 0.943 bits per heavy atom. The Kier molecular flexibility index (Phi) is 11.9. The molecule has 0 aliphatic heterocycles. The van der Waals surface area contributed by atoms with E-state index in [0.29, 0.717) is 19.4 Å². The van der Waals surface area contributed by atoms with Crippen molar-refractivity contribution in [1.82, 2.24) is 21.3 Å². The molecule has 0 saturated carbocycles. The molecule has 0 bridgehead atoms. The minimum Gasteiger partial charge on any atom is -0.481 e. The zero-order chi connectivity index (χ0) is 26.4. The predicted molar refractivity (Wildman–Crippen MR) is 124 cm³/mol. The molecule has 0 spiro atoms. The van der Waals surface area contributed by atoms with Crippen LogP contribution in [0.4, 0.5) is 4.79 Å². The maximum atomic E-state index is 12.3. The number of imide groups is 1. The summed E-state index contributed by atoms with van der Waals surface area (Å²) in [6.45, 7) is 5.07. The molecule has 0 saturated heterocycles. The minimum atomic E-state index is -1.51. The minimum absolute atomic E-state index is 0.0912. The lowest BCUT2D eigenvalue weighted by Crippen LogP contribution is -2.51. The number of carboxylic acid groups (broad SMARTS) is 1. The van der Waals surface area contributed by atoms with Gasteiger partial charge in [0.1, 0.15) is 11.6 Å². The Balaban J connectivity index is 2.39. The van der Waals surface area contributed by atoms with Crippen molar-refractivity contribution in [2.45, 2.75) is 58.1 Å². The smallest absolute Gasteiger partial charge is 0.407 e. The maximum Gasteiger partial charge on any atom is 0.407 e. The zero-order valence-electron chi connectivity index (χ0n) is 20.0. The van der Waals surface area contributed by atoms with Crippen molar-refractivity contribution in [2.24, 2.45) is 0 Å². The van der Waals surface area contributed by atoms with Crippen LogP contribution in [-0.2, 0) is 23.9 Å². The van der Waals surface area contributed by atoms with Gasteiger partial charge in [-0.25, -0.2) is 4.79 Å². The highest BCUT2D eigenvalue weighted by Gasteiger charge is 2.25. The highest BCUT2D eigenvalue weighted by Crippen LogP contribution is 2.06. The van der Waals surface area contributed by atoms with E-state index in [1.165, 1.54) is 12.1 Å². The number of carboxylic acids is 1. The highest BCUT2D eigenvalue weighted by atomic mass is 16.6. The fourth-order valence-electron chi connectivity index (χ4n) is 2.67. The van der Waals surface area contributed by atoms with Crippen molar-refractivity contribution in [2.75, 3.05) is 13.1 Å². The molecule has 0 radical (unpaired) electrons. The number of amides is 5. The van der Waals surface area contributed by atoms with Crippen LogP contribution in [0.25, 0.3) is 0 Å². The van der Waals surface area contributed by atoms with Crippen molar-refractivity contribution >= 4 is 35.7 Å². The summed E-state index contributed by atoms with van der Waals surface area (Å²) in [6.07, 6.45) is -0.264. The number of ether oxygens (including phenoxy) is 1. The SMILES string of the molecule is CC(C)(C)OC(=O)NCCCCC(=O)NCC(=O)N[C@@H](CC(=O)O)C(=O)NC(=O)c1ccccc1. The van der Waals surface area contributed by atoms with Crippen molar-refractivity contribution < 1.29 is 38.6 Å². The Morgan fingerprint density at radius 3 is 2.20 bits per heavy atom. The summed E-state index contributed by atoms with van der Waals surface area (Å²) in [5.74, 6) is -4.32. The normalized spacial score (nSPS) is 11.5. The van der Waals surface area contributed by atoms with Crippen LogP contribution in [0.3, 0.4) is 0 Å². The van der Waals surface area contributed by atoms with Crippen LogP contribution in [0.15, 0.2) is 30.3 Å². The molecule has 0 unspecified atom stereocenters.